The smallest absolute Gasteiger partial charge is 0.130 e. The Hall–Kier alpha value is -0.670. The van der Waals surface area contributed by atoms with Crippen LogP contribution < -0.4 is 5.73 Å². The Balaban J connectivity index is 0.00000196. The number of halogens is 3. The fraction of sp³-hybridized carbons (Fsp3) is 0.455. The van der Waals surface area contributed by atoms with Crippen molar-refractivity contribution in [3.63, 3.8) is 0 Å². The van der Waals surface area contributed by atoms with Gasteiger partial charge in [0.1, 0.15) is 11.6 Å². The van der Waals surface area contributed by atoms with E-state index in [0.29, 0.717) is 5.56 Å². The molecule has 0 aliphatic heterocycles. The minimum absolute atomic E-state index is 0. The summed E-state index contributed by atoms with van der Waals surface area (Å²) in [6.45, 7) is 3.94. The molecule has 86 valence electrons. The standard InChI is InChI=1S/C11H15F2N.ClH/c1-3-7(2)11(14)9-5-4-8(12)6-10(9)13;/h4-7,11H,3,14H2,1-2H3;1H/t7?,11-;/m1./s1. The predicted molar refractivity (Wildman–Crippen MR) is 60.0 cm³/mol. The highest BCUT2D eigenvalue weighted by Crippen LogP contribution is 2.24. The first kappa shape index (κ1) is 14.3. The molecule has 1 unspecified atom stereocenters. The van der Waals surface area contributed by atoms with Crippen LogP contribution in [0.25, 0.3) is 0 Å². The van der Waals surface area contributed by atoms with Gasteiger partial charge in [-0.05, 0) is 12.0 Å². The fourth-order valence-electron chi connectivity index (χ4n) is 1.33. The molecular weight excluding hydrogens is 220 g/mol. The second-order valence-electron chi connectivity index (χ2n) is 3.58. The first-order valence-corrected chi connectivity index (χ1v) is 4.76. The molecule has 0 amide bonds. The number of benzene rings is 1. The molecule has 1 nitrogen and oxygen atoms in total. The SMILES string of the molecule is CCC(C)[C@@H](N)c1ccc(F)cc1F.Cl. The maximum Gasteiger partial charge on any atom is 0.130 e. The quantitative estimate of drug-likeness (QED) is 0.854. The van der Waals surface area contributed by atoms with E-state index in [1.807, 2.05) is 13.8 Å². The van der Waals surface area contributed by atoms with Crippen molar-refractivity contribution in [1.82, 2.24) is 0 Å². The Kier molecular flexibility index (Phi) is 5.76. The van der Waals surface area contributed by atoms with Gasteiger partial charge in [-0.1, -0.05) is 26.3 Å². The predicted octanol–water partition coefficient (Wildman–Crippen LogP) is 3.43. The zero-order valence-corrected chi connectivity index (χ0v) is 9.65. The van der Waals surface area contributed by atoms with Crippen LogP contribution in [-0.4, -0.2) is 0 Å². The van der Waals surface area contributed by atoms with Crippen LogP contribution >= 0.6 is 12.4 Å². The normalized spacial score (nSPS) is 14.2. The van der Waals surface area contributed by atoms with Crippen LogP contribution in [0.5, 0.6) is 0 Å². The highest BCUT2D eigenvalue weighted by molar-refractivity contribution is 5.85. The van der Waals surface area contributed by atoms with Crippen LogP contribution in [0.4, 0.5) is 8.78 Å². The number of nitrogens with two attached hydrogens (primary N) is 1. The van der Waals surface area contributed by atoms with Crippen molar-refractivity contribution < 1.29 is 8.78 Å². The van der Waals surface area contributed by atoms with Crippen LogP contribution in [0.2, 0.25) is 0 Å². The molecular formula is C11H16ClF2N. The highest BCUT2D eigenvalue weighted by atomic mass is 35.5. The van der Waals surface area contributed by atoms with Crippen LogP contribution in [0.15, 0.2) is 18.2 Å². The van der Waals surface area contributed by atoms with Gasteiger partial charge in [-0.25, -0.2) is 8.78 Å². The Bertz CT molecular complexity index is 317. The van der Waals surface area contributed by atoms with Crippen molar-refractivity contribution in [3.05, 3.63) is 35.4 Å². The molecule has 15 heavy (non-hydrogen) atoms. The molecule has 1 aromatic rings. The van der Waals surface area contributed by atoms with Crippen molar-refractivity contribution >= 4 is 12.4 Å². The molecule has 0 saturated carbocycles. The summed E-state index contributed by atoms with van der Waals surface area (Å²) in [7, 11) is 0. The van der Waals surface area contributed by atoms with E-state index in [1.165, 1.54) is 12.1 Å². The van der Waals surface area contributed by atoms with Crippen LogP contribution in [-0.2, 0) is 0 Å². The molecule has 0 aliphatic rings. The Labute approximate surface area is 95.1 Å². The van der Waals surface area contributed by atoms with Gasteiger partial charge in [-0.3, -0.25) is 0 Å². The zero-order chi connectivity index (χ0) is 10.7. The van der Waals surface area contributed by atoms with Gasteiger partial charge in [-0.15, -0.1) is 12.4 Å². The van der Waals surface area contributed by atoms with Gasteiger partial charge in [-0.2, -0.15) is 0 Å². The molecule has 0 aromatic heterocycles. The number of hydrogen-bond acceptors (Lipinski definition) is 1. The van der Waals surface area contributed by atoms with Crippen molar-refractivity contribution in [2.45, 2.75) is 26.3 Å². The van der Waals surface area contributed by atoms with Gasteiger partial charge in [0, 0.05) is 17.7 Å². The summed E-state index contributed by atoms with van der Waals surface area (Å²) in [5.41, 5.74) is 6.23. The molecule has 0 aliphatic carbocycles. The van der Waals surface area contributed by atoms with Gasteiger partial charge >= 0.3 is 0 Å². The van der Waals surface area contributed by atoms with Crippen LogP contribution in [0, 0.1) is 17.6 Å². The van der Waals surface area contributed by atoms with E-state index in [-0.39, 0.29) is 24.4 Å². The maximum atomic E-state index is 13.3. The lowest BCUT2D eigenvalue weighted by atomic mass is 9.93. The minimum Gasteiger partial charge on any atom is -0.324 e. The molecule has 2 atom stereocenters. The molecule has 0 saturated heterocycles. The zero-order valence-electron chi connectivity index (χ0n) is 8.84. The van der Waals surface area contributed by atoms with Gasteiger partial charge in [0.25, 0.3) is 0 Å². The minimum atomic E-state index is -0.567. The van der Waals surface area contributed by atoms with Crippen LogP contribution in [0.1, 0.15) is 31.9 Å². The maximum absolute atomic E-state index is 13.3. The van der Waals surface area contributed by atoms with Crippen molar-refractivity contribution in [2.75, 3.05) is 0 Å². The van der Waals surface area contributed by atoms with Gasteiger partial charge in [0.2, 0.25) is 0 Å². The molecule has 1 aromatic carbocycles. The summed E-state index contributed by atoms with van der Waals surface area (Å²) >= 11 is 0. The Morgan fingerprint density at radius 2 is 1.93 bits per heavy atom. The summed E-state index contributed by atoms with van der Waals surface area (Å²) in [5.74, 6) is -0.935. The molecule has 0 fully saturated rings. The molecule has 0 radical (unpaired) electrons. The third-order valence-electron chi connectivity index (χ3n) is 2.58. The summed E-state index contributed by atoms with van der Waals surface area (Å²) < 4.78 is 25.9. The summed E-state index contributed by atoms with van der Waals surface area (Å²) in [6.07, 6.45) is 0.873. The monoisotopic (exact) mass is 235 g/mol. The van der Waals surface area contributed by atoms with E-state index in [9.17, 15) is 8.78 Å². The third-order valence-corrected chi connectivity index (χ3v) is 2.58. The first-order valence-electron chi connectivity index (χ1n) is 4.76. The van der Waals surface area contributed by atoms with E-state index in [0.717, 1.165) is 12.5 Å². The highest BCUT2D eigenvalue weighted by Gasteiger charge is 2.16. The average Bonchev–Trinajstić information content (AvgIpc) is 2.15. The van der Waals surface area contributed by atoms with Gasteiger partial charge < -0.3 is 5.73 Å². The Morgan fingerprint density at radius 3 is 2.40 bits per heavy atom. The molecule has 1 rings (SSSR count). The van der Waals surface area contributed by atoms with E-state index in [4.69, 9.17) is 5.73 Å². The number of hydrogen-bond donors (Lipinski definition) is 1. The van der Waals surface area contributed by atoms with Crippen molar-refractivity contribution in [3.8, 4) is 0 Å². The molecule has 4 heteroatoms. The molecule has 0 heterocycles. The largest absolute Gasteiger partial charge is 0.324 e. The van der Waals surface area contributed by atoms with E-state index in [1.54, 1.807) is 0 Å². The second-order valence-corrected chi connectivity index (χ2v) is 3.58. The van der Waals surface area contributed by atoms with Crippen LogP contribution in [0.3, 0.4) is 0 Å². The van der Waals surface area contributed by atoms with Gasteiger partial charge in [0.15, 0.2) is 0 Å². The van der Waals surface area contributed by atoms with E-state index in [2.05, 4.69) is 0 Å². The lowest BCUT2D eigenvalue weighted by Gasteiger charge is -2.19. The topological polar surface area (TPSA) is 26.0 Å². The second kappa shape index (κ2) is 6.03. The summed E-state index contributed by atoms with van der Waals surface area (Å²) in [5, 5.41) is 0. The Morgan fingerprint density at radius 1 is 1.33 bits per heavy atom. The fourth-order valence-corrected chi connectivity index (χ4v) is 1.33. The lowest BCUT2D eigenvalue weighted by molar-refractivity contribution is 0.437. The van der Waals surface area contributed by atoms with Crippen molar-refractivity contribution in [1.29, 1.82) is 0 Å². The van der Waals surface area contributed by atoms with E-state index < -0.39 is 11.6 Å². The molecule has 0 spiro atoms. The van der Waals surface area contributed by atoms with E-state index >= 15 is 0 Å². The van der Waals surface area contributed by atoms with Gasteiger partial charge in [0.05, 0.1) is 0 Å². The molecule has 0 bridgehead atoms. The summed E-state index contributed by atoms with van der Waals surface area (Å²) in [4.78, 5) is 0. The summed E-state index contributed by atoms with van der Waals surface area (Å²) in [6, 6.07) is 3.17. The number of rotatable bonds is 3. The lowest BCUT2D eigenvalue weighted by Crippen LogP contribution is -2.19. The molecule has 2 N–H and O–H groups in total. The third kappa shape index (κ3) is 3.43. The van der Waals surface area contributed by atoms with Crippen molar-refractivity contribution in [2.24, 2.45) is 11.7 Å². The first-order chi connectivity index (χ1) is 6.56. The average molecular weight is 236 g/mol.